The summed E-state index contributed by atoms with van der Waals surface area (Å²) in [6, 6.07) is 0. The Morgan fingerprint density at radius 1 is 1.30 bits per heavy atom. The highest BCUT2D eigenvalue weighted by Crippen LogP contribution is 2.89. The third kappa shape index (κ3) is 0.387. The second-order valence-corrected chi connectivity index (χ2v) is 4.21. The van der Waals surface area contributed by atoms with E-state index in [2.05, 4.69) is 6.08 Å². The topological polar surface area (TPSA) is 0 Å². The highest BCUT2D eigenvalue weighted by Gasteiger charge is 2.84. The van der Waals surface area contributed by atoms with Crippen LogP contribution in [0, 0.1) is 23.2 Å². The number of halogens is 1. The van der Waals surface area contributed by atoms with Gasteiger partial charge >= 0.3 is 0 Å². The normalized spacial score (nSPS) is 62.3. The third-order valence-corrected chi connectivity index (χ3v) is 4.02. The van der Waals surface area contributed by atoms with Crippen LogP contribution in [0.1, 0.15) is 19.3 Å². The monoisotopic (exact) mass is 154 g/mol. The number of hydrogen-bond acceptors (Lipinski definition) is 0. The molecule has 0 nitrogen and oxygen atoms in total. The Balaban J connectivity index is 1.87. The zero-order valence-electron chi connectivity index (χ0n) is 5.89. The van der Waals surface area contributed by atoms with Crippen molar-refractivity contribution in [2.24, 2.45) is 23.2 Å². The molecular formula is C9H11Cl. The number of hydrogen-bond donors (Lipinski definition) is 0. The predicted molar refractivity (Wildman–Crippen MR) is 41.7 cm³/mol. The van der Waals surface area contributed by atoms with Crippen LogP contribution in [-0.4, -0.2) is 0 Å². The van der Waals surface area contributed by atoms with E-state index >= 15 is 0 Å². The zero-order chi connectivity index (χ0) is 6.77. The van der Waals surface area contributed by atoms with Gasteiger partial charge in [-0.25, -0.2) is 0 Å². The van der Waals surface area contributed by atoms with Crippen LogP contribution in [0.5, 0.6) is 0 Å². The molecule has 0 bridgehead atoms. The minimum absolute atomic E-state index is 0.667. The molecule has 0 aromatic heterocycles. The van der Waals surface area contributed by atoms with E-state index < -0.39 is 0 Å². The fourth-order valence-corrected chi connectivity index (χ4v) is 3.61. The molecule has 54 valence electrons. The largest absolute Gasteiger partial charge is 0.0933 e. The van der Waals surface area contributed by atoms with Crippen LogP contribution in [0.3, 0.4) is 0 Å². The van der Waals surface area contributed by atoms with Crippen molar-refractivity contribution in [2.45, 2.75) is 19.3 Å². The van der Waals surface area contributed by atoms with E-state index in [0.717, 1.165) is 17.8 Å². The maximum Gasteiger partial charge on any atom is 0.000838 e. The van der Waals surface area contributed by atoms with Crippen LogP contribution in [0.15, 0.2) is 11.6 Å². The van der Waals surface area contributed by atoms with Gasteiger partial charge in [0.2, 0.25) is 0 Å². The van der Waals surface area contributed by atoms with Gasteiger partial charge in [-0.2, -0.15) is 0 Å². The van der Waals surface area contributed by atoms with Gasteiger partial charge in [-0.15, -0.1) is 0 Å². The van der Waals surface area contributed by atoms with Crippen molar-refractivity contribution in [1.82, 2.24) is 0 Å². The molecule has 0 saturated heterocycles. The molecule has 0 heterocycles. The summed E-state index contributed by atoms with van der Waals surface area (Å²) < 4.78 is 0. The molecular weight excluding hydrogens is 144 g/mol. The molecule has 10 heavy (non-hydrogen) atoms. The molecule has 3 fully saturated rings. The molecule has 3 rings (SSSR count). The molecule has 3 aliphatic rings. The van der Waals surface area contributed by atoms with Crippen molar-refractivity contribution in [2.75, 3.05) is 0 Å². The minimum Gasteiger partial charge on any atom is -0.0933 e. The predicted octanol–water partition coefficient (Wildman–Crippen LogP) is 2.79. The Kier molecular flexibility index (Phi) is 0.820. The van der Waals surface area contributed by atoms with Gasteiger partial charge in [-0.3, -0.25) is 0 Å². The van der Waals surface area contributed by atoms with E-state index in [1.165, 1.54) is 19.3 Å². The second kappa shape index (κ2) is 1.45. The van der Waals surface area contributed by atoms with Gasteiger partial charge in [-0.05, 0) is 36.0 Å². The lowest BCUT2D eigenvalue weighted by Gasteiger charge is -2.22. The molecule has 1 heteroatoms. The van der Waals surface area contributed by atoms with Crippen molar-refractivity contribution in [1.29, 1.82) is 0 Å². The lowest BCUT2D eigenvalue weighted by molar-refractivity contribution is 0.302. The quantitative estimate of drug-likeness (QED) is 0.545. The first-order valence-corrected chi connectivity index (χ1v) is 4.63. The third-order valence-electron chi connectivity index (χ3n) is 3.89. The molecule has 2 unspecified atom stereocenters. The molecule has 0 aromatic rings. The van der Waals surface area contributed by atoms with Crippen molar-refractivity contribution >= 4 is 11.6 Å². The maximum absolute atomic E-state index is 5.58. The highest BCUT2D eigenvalue weighted by atomic mass is 35.5. The van der Waals surface area contributed by atoms with Gasteiger partial charge in [0, 0.05) is 5.54 Å². The Bertz CT molecular complexity index is 185. The lowest BCUT2D eigenvalue weighted by atomic mass is 9.83. The number of allylic oxidation sites excluding steroid dienone is 1. The van der Waals surface area contributed by atoms with Crippen molar-refractivity contribution in [3.63, 3.8) is 0 Å². The van der Waals surface area contributed by atoms with Crippen LogP contribution in [-0.2, 0) is 0 Å². The van der Waals surface area contributed by atoms with Crippen molar-refractivity contribution < 1.29 is 0 Å². The molecule has 0 aliphatic heterocycles. The van der Waals surface area contributed by atoms with Gasteiger partial charge in [0.05, 0.1) is 0 Å². The van der Waals surface area contributed by atoms with Gasteiger partial charge in [0.1, 0.15) is 0 Å². The SMILES string of the molecule is Cl/C=C/C12C3CCCC1C32. The van der Waals surface area contributed by atoms with E-state index in [1.807, 2.05) is 0 Å². The molecule has 0 radical (unpaired) electrons. The Hall–Kier alpha value is 0.0300. The summed E-state index contributed by atoms with van der Waals surface area (Å²) in [4.78, 5) is 0. The van der Waals surface area contributed by atoms with E-state index in [9.17, 15) is 0 Å². The number of fused-ring (bicyclic) bond motifs is 2. The molecule has 3 saturated carbocycles. The van der Waals surface area contributed by atoms with Gasteiger partial charge < -0.3 is 0 Å². The van der Waals surface area contributed by atoms with Crippen LogP contribution < -0.4 is 0 Å². The van der Waals surface area contributed by atoms with E-state index in [0.29, 0.717) is 5.41 Å². The van der Waals surface area contributed by atoms with Crippen LogP contribution in [0.4, 0.5) is 0 Å². The van der Waals surface area contributed by atoms with Gasteiger partial charge in [0.25, 0.3) is 0 Å². The second-order valence-electron chi connectivity index (χ2n) is 3.96. The summed E-state index contributed by atoms with van der Waals surface area (Å²) in [5.41, 5.74) is 2.40. The van der Waals surface area contributed by atoms with Crippen LogP contribution in [0.25, 0.3) is 0 Å². The fourth-order valence-electron chi connectivity index (χ4n) is 3.39. The summed E-state index contributed by atoms with van der Waals surface area (Å²) in [6.07, 6.45) is 6.68. The van der Waals surface area contributed by atoms with E-state index in [1.54, 1.807) is 5.54 Å². The first-order chi connectivity index (χ1) is 4.91. The smallest absolute Gasteiger partial charge is 0.000838 e. The highest BCUT2D eigenvalue weighted by molar-refractivity contribution is 6.25. The Labute approximate surface area is 66.3 Å². The lowest BCUT2D eigenvalue weighted by Crippen LogP contribution is -2.13. The Morgan fingerprint density at radius 3 is 2.50 bits per heavy atom. The molecule has 2 atom stereocenters. The summed E-state index contributed by atoms with van der Waals surface area (Å²) >= 11 is 5.58. The van der Waals surface area contributed by atoms with Gasteiger partial charge in [0.15, 0.2) is 0 Å². The van der Waals surface area contributed by atoms with Crippen molar-refractivity contribution in [3.8, 4) is 0 Å². The fraction of sp³-hybridized carbons (Fsp3) is 0.778. The average Bonchev–Trinajstić information content (AvgIpc) is 2.80. The summed E-state index contributed by atoms with van der Waals surface area (Å²) in [6.45, 7) is 0. The molecule has 3 aliphatic carbocycles. The summed E-state index contributed by atoms with van der Waals surface area (Å²) in [5, 5.41) is 0. The molecule has 0 spiro atoms. The summed E-state index contributed by atoms with van der Waals surface area (Å²) in [7, 11) is 0. The first kappa shape index (κ1) is 5.65. The van der Waals surface area contributed by atoms with E-state index in [4.69, 9.17) is 11.6 Å². The maximum atomic E-state index is 5.58. The Morgan fingerprint density at radius 2 is 2.00 bits per heavy atom. The zero-order valence-corrected chi connectivity index (χ0v) is 6.64. The van der Waals surface area contributed by atoms with Crippen LogP contribution >= 0.6 is 11.6 Å². The van der Waals surface area contributed by atoms with Gasteiger partial charge in [-0.1, -0.05) is 24.1 Å². The van der Waals surface area contributed by atoms with E-state index in [-0.39, 0.29) is 0 Å². The molecule has 0 amide bonds. The first-order valence-electron chi connectivity index (χ1n) is 4.19. The summed E-state index contributed by atoms with van der Waals surface area (Å²) in [5.74, 6) is 3.19. The standard InChI is InChI=1S/C9H11Cl/c10-5-4-9-6-2-1-3-7(9)8(6)9/h4-8H,1-3H2/b5-4+. The molecule has 0 aromatic carbocycles. The van der Waals surface area contributed by atoms with Crippen molar-refractivity contribution in [3.05, 3.63) is 11.6 Å². The average molecular weight is 155 g/mol. The van der Waals surface area contributed by atoms with Crippen LogP contribution in [0.2, 0.25) is 0 Å². The molecule has 0 N–H and O–H groups in total. The number of rotatable bonds is 1. The minimum atomic E-state index is 0.667.